The van der Waals surface area contributed by atoms with Crippen molar-refractivity contribution in [1.29, 1.82) is 0 Å². The van der Waals surface area contributed by atoms with Crippen LogP contribution in [0.25, 0.3) is 0 Å². The monoisotopic (exact) mass is 222 g/mol. The number of piperazine rings is 1. The minimum atomic E-state index is 1.03. The Hall–Kier alpha value is -0.510. The molecule has 1 aromatic carbocycles. The van der Waals surface area contributed by atoms with E-state index in [0.717, 1.165) is 37.6 Å². The molecule has 1 heterocycles. The predicted octanol–water partition coefficient (Wildman–Crippen LogP) is 1.69. The smallest absolute Gasteiger partial charge is 0.0245 e. The minimum absolute atomic E-state index is 1.03. The van der Waals surface area contributed by atoms with Gasteiger partial charge < -0.3 is 5.32 Å². The molecule has 3 heteroatoms. The highest BCUT2D eigenvalue weighted by molar-refractivity contribution is 7.80. The maximum absolute atomic E-state index is 4.50. The van der Waals surface area contributed by atoms with Gasteiger partial charge in [0.15, 0.2) is 0 Å². The van der Waals surface area contributed by atoms with Crippen LogP contribution in [0.4, 0.5) is 0 Å². The largest absolute Gasteiger partial charge is 0.314 e. The number of aryl methyl sites for hydroxylation is 1. The number of rotatable bonds is 2. The van der Waals surface area contributed by atoms with E-state index in [9.17, 15) is 0 Å². The van der Waals surface area contributed by atoms with Crippen molar-refractivity contribution in [2.45, 2.75) is 18.4 Å². The minimum Gasteiger partial charge on any atom is -0.314 e. The van der Waals surface area contributed by atoms with Crippen LogP contribution in [0.2, 0.25) is 0 Å². The van der Waals surface area contributed by atoms with E-state index in [1.165, 1.54) is 11.1 Å². The molecule has 1 aliphatic heterocycles. The Bertz CT molecular complexity index is 332. The number of nitrogens with zero attached hydrogens (tertiary/aromatic N) is 1. The summed E-state index contributed by atoms with van der Waals surface area (Å²) in [4.78, 5) is 3.59. The summed E-state index contributed by atoms with van der Waals surface area (Å²) >= 11 is 4.50. The van der Waals surface area contributed by atoms with Crippen molar-refractivity contribution in [3.05, 3.63) is 29.3 Å². The Morgan fingerprint density at radius 2 is 2.07 bits per heavy atom. The average Bonchev–Trinajstić information content (AvgIpc) is 2.25. The van der Waals surface area contributed by atoms with Gasteiger partial charge in [-0.05, 0) is 18.6 Å². The molecule has 2 rings (SSSR count). The standard InChI is InChI=1S/C12H18N2S/c1-10-2-3-12(15)11(8-10)9-14-6-4-13-5-7-14/h2-3,8,13,15H,4-7,9H2,1H3. The van der Waals surface area contributed by atoms with Crippen molar-refractivity contribution in [2.75, 3.05) is 26.2 Å². The fraction of sp³-hybridized carbons (Fsp3) is 0.500. The zero-order chi connectivity index (χ0) is 10.7. The Kier molecular flexibility index (Phi) is 3.67. The summed E-state index contributed by atoms with van der Waals surface area (Å²) in [6, 6.07) is 6.45. The van der Waals surface area contributed by atoms with Crippen molar-refractivity contribution >= 4 is 12.6 Å². The molecule has 0 spiro atoms. The van der Waals surface area contributed by atoms with E-state index in [2.05, 4.69) is 48.0 Å². The summed E-state index contributed by atoms with van der Waals surface area (Å²) < 4.78 is 0. The van der Waals surface area contributed by atoms with Gasteiger partial charge in [0.25, 0.3) is 0 Å². The van der Waals surface area contributed by atoms with Gasteiger partial charge in [0, 0.05) is 37.6 Å². The molecule has 1 saturated heterocycles. The van der Waals surface area contributed by atoms with Gasteiger partial charge in [-0.3, -0.25) is 4.90 Å². The van der Waals surface area contributed by atoms with Gasteiger partial charge in [0.05, 0.1) is 0 Å². The first kappa shape index (κ1) is 11.0. The molecule has 0 bridgehead atoms. The van der Waals surface area contributed by atoms with Gasteiger partial charge in [-0.2, -0.15) is 0 Å². The Morgan fingerprint density at radius 3 is 2.80 bits per heavy atom. The zero-order valence-corrected chi connectivity index (χ0v) is 10.1. The highest BCUT2D eigenvalue weighted by atomic mass is 32.1. The lowest BCUT2D eigenvalue weighted by Crippen LogP contribution is -2.42. The van der Waals surface area contributed by atoms with Crippen LogP contribution in [0, 0.1) is 6.92 Å². The van der Waals surface area contributed by atoms with E-state index >= 15 is 0 Å². The lowest BCUT2D eigenvalue weighted by Gasteiger charge is -2.27. The second-order valence-electron chi connectivity index (χ2n) is 4.16. The van der Waals surface area contributed by atoms with Crippen LogP contribution in [0.5, 0.6) is 0 Å². The van der Waals surface area contributed by atoms with Gasteiger partial charge >= 0.3 is 0 Å². The molecule has 82 valence electrons. The SMILES string of the molecule is Cc1ccc(S)c(CN2CCNCC2)c1. The predicted molar refractivity (Wildman–Crippen MR) is 66.6 cm³/mol. The average molecular weight is 222 g/mol. The fourth-order valence-corrected chi connectivity index (χ4v) is 2.16. The van der Waals surface area contributed by atoms with Crippen LogP contribution >= 0.6 is 12.6 Å². The Balaban J connectivity index is 2.05. The summed E-state index contributed by atoms with van der Waals surface area (Å²) in [6.07, 6.45) is 0. The second kappa shape index (κ2) is 5.01. The molecule has 1 aromatic rings. The third-order valence-corrected chi connectivity index (χ3v) is 3.27. The maximum Gasteiger partial charge on any atom is 0.0245 e. The van der Waals surface area contributed by atoms with Crippen molar-refractivity contribution in [3.8, 4) is 0 Å². The van der Waals surface area contributed by atoms with Crippen molar-refractivity contribution < 1.29 is 0 Å². The number of thiol groups is 1. The van der Waals surface area contributed by atoms with E-state index < -0.39 is 0 Å². The fourth-order valence-electron chi connectivity index (χ4n) is 1.95. The van der Waals surface area contributed by atoms with Crippen LogP contribution in [0.3, 0.4) is 0 Å². The molecule has 0 saturated carbocycles. The highest BCUT2D eigenvalue weighted by Crippen LogP contribution is 2.17. The third kappa shape index (κ3) is 2.97. The molecule has 0 amide bonds. The van der Waals surface area contributed by atoms with Crippen molar-refractivity contribution in [1.82, 2.24) is 10.2 Å². The molecule has 1 fully saturated rings. The number of nitrogens with one attached hydrogen (secondary N) is 1. The van der Waals surface area contributed by atoms with Crippen LogP contribution in [0.15, 0.2) is 23.1 Å². The number of benzene rings is 1. The molecule has 15 heavy (non-hydrogen) atoms. The third-order valence-electron chi connectivity index (χ3n) is 2.84. The van der Waals surface area contributed by atoms with Gasteiger partial charge in [-0.25, -0.2) is 0 Å². The maximum atomic E-state index is 4.50. The summed E-state index contributed by atoms with van der Waals surface area (Å²) in [5, 5.41) is 3.37. The molecular formula is C12H18N2S. The van der Waals surface area contributed by atoms with Crippen LogP contribution in [0.1, 0.15) is 11.1 Å². The van der Waals surface area contributed by atoms with Crippen LogP contribution < -0.4 is 5.32 Å². The lowest BCUT2D eigenvalue weighted by atomic mass is 10.1. The first-order chi connectivity index (χ1) is 7.25. The first-order valence-corrected chi connectivity index (χ1v) is 5.92. The molecule has 0 aromatic heterocycles. The van der Waals surface area contributed by atoms with E-state index in [4.69, 9.17) is 0 Å². The van der Waals surface area contributed by atoms with Crippen molar-refractivity contribution in [2.24, 2.45) is 0 Å². The molecule has 0 radical (unpaired) electrons. The number of hydrogen-bond donors (Lipinski definition) is 2. The van der Waals surface area contributed by atoms with E-state index in [-0.39, 0.29) is 0 Å². The van der Waals surface area contributed by atoms with Crippen molar-refractivity contribution in [3.63, 3.8) is 0 Å². The Labute approximate surface area is 97.1 Å². The summed E-state index contributed by atoms with van der Waals surface area (Å²) in [5.41, 5.74) is 2.66. The Morgan fingerprint density at radius 1 is 1.33 bits per heavy atom. The first-order valence-electron chi connectivity index (χ1n) is 5.47. The van der Waals surface area contributed by atoms with Gasteiger partial charge in [-0.15, -0.1) is 12.6 Å². The van der Waals surface area contributed by atoms with E-state index in [1.807, 2.05) is 0 Å². The quantitative estimate of drug-likeness (QED) is 0.740. The number of hydrogen-bond acceptors (Lipinski definition) is 3. The van der Waals surface area contributed by atoms with E-state index in [1.54, 1.807) is 0 Å². The second-order valence-corrected chi connectivity index (χ2v) is 4.64. The highest BCUT2D eigenvalue weighted by Gasteiger charge is 2.11. The van der Waals surface area contributed by atoms with E-state index in [0.29, 0.717) is 0 Å². The summed E-state index contributed by atoms with van der Waals surface area (Å²) in [7, 11) is 0. The molecule has 0 unspecified atom stereocenters. The molecule has 0 atom stereocenters. The molecule has 1 aliphatic rings. The molecule has 1 N–H and O–H groups in total. The summed E-state index contributed by atoms with van der Waals surface area (Å²) in [6.45, 7) is 7.65. The zero-order valence-electron chi connectivity index (χ0n) is 9.16. The topological polar surface area (TPSA) is 15.3 Å². The molecule has 2 nitrogen and oxygen atoms in total. The normalized spacial score (nSPS) is 18.0. The molecule has 0 aliphatic carbocycles. The van der Waals surface area contributed by atoms with Gasteiger partial charge in [0.2, 0.25) is 0 Å². The summed E-state index contributed by atoms with van der Waals surface area (Å²) in [5.74, 6) is 0. The van der Waals surface area contributed by atoms with Crippen LogP contribution in [-0.4, -0.2) is 31.1 Å². The van der Waals surface area contributed by atoms with Gasteiger partial charge in [-0.1, -0.05) is 17.7 Å². The van der Waals surface area contributed by atoms with Crippen LogP contribution in [-0.2, 0) is 6.54 Å². The lowest BCUT2D eigenvalue weighted by molar-refractivity contribution is 0.232. The van der Waals surface area contributed by atoms with Gasteiger partial charge in [0.1, 0.15) is 0 Å². The molecular weight excluding hydrogens is 204 g/mol.